The van der Waals surface area contributed by atoms with Gasteiger partial charge in [0.15, 0.2) is 0 Å². The molecule has 1 saturated heterocycles. The Hall–Kier alpha value is -1.36. The van der Waals surface area contributed by atoms with Crippen LogP contribution in [0.25, 0.3) is 0 Å². The van der Waals surface area contributed by atoms with Crippen LogP contribution in [0.3, 0.4) is 0 Å². The largest absolute Gasteiger partial charge is 0.481 e. The molecule has 1 aromatic heterocycles. The maximum atomic E-state index is 10.8. The first-order valence-corrected chi connectivity index (χ1v) is 5.91. The van der Waals surface area contributed by atoms with Gasteiger partial charge in [-0.05, 0) is 25.3 Å². The van der Waals surface area contributed by atoms with E-state index in [0.29, 0.717) is 5.92 Å². The summed E-state index contributed by atoms with van der Waals surface area (Å²) in [5.74, 6) is -0.396. The van der Waals surface area contributed by atoms with Gasteiger partial charge in [0.2, 0.25) is 0 Å². The molecule has 2 rings (SSSR count). The molecule has 0 saturated carbocycles. The van der Waals surface area contributed by atoms with Crippen molar-refractivity contribution in [3.63, 3.8) is 0 Å². The number of aromatic nitrogens is 2. The molecule has 0 unspecified atom stereocenters. The lowest BCUT2D eigenvalue weighted by Gasteiger charge is -2.20. The molecule has 1 aromatic rings. The molecular formula is C12H18N2O3. The Morgan fingerprint density at radius 2 is 2.18 bits per heavy atom. The SMILES string of the molecule is Cc1c(C2CCOCC2)nn(C)c1CC(=O)O. The maximum absolute atomic E-state index is 10.8. The van der Waals surface area contributed by atoms with E-state index in [2.05, 4.69) is 5.10 Å². The lowest BCUT2D eigenvalue weighted by Crippen LogP contribution is -2.15. The average Bonchev–Trinajstić information content (AvgIpc) is 2.58. The van der Waals surface area contributed by atoms with E-state index in [4.69, 9.17) is 9.84 Å². The molecule has 0 aliphatic carbocycles. The number of carbonyl (C=O) groups is 1. The van der Waals surface area contributed by atoms with Gasteiger partial charge in [-0.2, -0.15) is 5.10 Å². The number of hydrogen-bond acceptors (Lipinski definition) is 3. The topological polar surface area (TPSA) is 64.4 Å². The van der Waals surface area contributed by atoms with Crippen molar-refractivity contribution in [2.45, 2.75) is 32.1 Å². The fourth-order valence-corrected chi connectivity index (χ4v) is 2.44. The van der Waals surface area contributed by atoms with Gasteiger partial charge in [0.05, 0.1) is 17.8 Å². The first-order valence-electron chi connectivity index (χ1n) is 5.91. The van der Waals surface area contributed by atoms with Crippen LogP contribution in [0.1, 0.15) is 35.7 Å². The predicted molar refractivity (Wildman–Crippen MR) is 62.1 cm³/mol. The van der Waals surface area contributed by atoms with Crippen LogP contribution in [0.15, 0.2) is 0 Å². The quantitative estimate of drug-likeness (QED) is 0.860. The fraction of sp³-hybridized carbons (Fsp3) is 0.667. The second kappa shape index (κ2) is 4.87. The zero-order chi connectivity index (χ0) is 12.4. The standard InChI is InChI=1S/C12H18N2O3/c1-8-10(7-11(15)16)14(2)13-12(8)9-3-5-17-6-4-9/h9H,3-7H2,1-2H3,(H,15,16). The fourth-order valence-electron chi connectivity index (χ4n) is 2.44. The highest BCUT2D eigenvalue weighted by atomic mass is 16.5. The summed E-state index contributed by atoms with van der Waals surface area (Å²) < 4.78 is 7.04. The lowest BCUT2D eigenvalue weighted by atomic mass is 9.93. The number of nitrogens with zero attached hydrogens (tertiary/aromatic N) is 2. The predicted octanol–water partition coefficient (Wildman–Crippen LogP) is 1.25. The summed E-state index contributed by atoms with van der Waals surface area (Å²) in [5, 5.41) is 13.4. The van der Waals surface area contributed by atoms with E-state index >= 15 is 0 Å². The minimum Gasteiger partial charge on any atom is -0.481 e. The molecule has 0 atom stereocenters. The highest BCUT2D eigenvalue weighted by molar-refractivity contribution is 5.70. The zero-order valence-corrected chi connectivity index (χ0v) is 10.3. The van der Waals surface area contributed by atoms with Crippen LogP contribution in [-0.4, -0.2) is 34.1 Å². The van der Waals surface area contributed by atoms with Gasteiger partial charge in [-0.25, -0.2) is 0 Å². The van der Waals surface area contributed by atoms with Crippen LogP contribution in [0.2, 0.25) is 0 Å². The Bertz CT molecular complexity index is 420. The number of carboxylic acids is 1. The normalized spacial score (nSPS) is 17.3. The van der Waals surface area contributed by atoms with Crippen LogP contribution in [0.4, 0.5) is 0 Å². The van der Waals surface area contributed by atoms with Crippen molar-refractivity contribution in [3.05, 3.63) is 17.0 Å². The van der Waals surface area contributed by atoms with Gasteiger partial charge in [-0.3, -0.25) is 9.48 Å². The van der Waals surface area contributed by atoms with E-state index in [1.165, 1.54) is 0 Å². The average molecular weight is 238 g/mol. The summed E-state index contributed by atoms with van der Waals surface area (Å²) >= 11 is 0. The summed E-state index contributed by atoms with van der Waals surface area (Å²) in [6, 6.07) is 0. The minimum atomic E-state index is -0.811. The molecule has 94 valence electrons. The number of carboxylic acid groups (broad SMARTS) is 1. The minimum absolute atomic E-state index is 0.0402. The van der Waals surface area contributed by atoms with Crippen LogP contribution >= 0.6 is 0 Å². The Morgan fingerprint density at radius 3 is 2.76 bits per heavy atom. The number of ether oxygens (including phenoxy) is 1. The molecule has 0 aromatic carbocycles. The van der Waals surface area contributed by atoms with E-state index in [-0.39, 0.29) is 6.42 Å². The van der Waals surface area contributed by atoms with E-state index < -0.39 is 5.97 Å². The third kappa shape index (κ3) is 2.49. The zero-order valence-electron chi connectivity index (χ0n) is 10.3. The maximum Gasteiger partial charge on any atom is 0.309 e. The molecule has 1 fully saturated rings. The second-order valence-corrected chi connectivity index (χ2v) is 4.54. The van der Waals surface area contributed by atoms with Crippen LogP contribution in [0.5, 0.6) is 0 Å². The van der Waals surface area contributed by atoms with Crippen molar-refractivity contribution in [1.29, 1.82) is 0 Å². The summed E-state index contributed by atoms with van der Waals surface area (Å²) in [4.78, 5) is 10.8. The number of aliphatic carboxylic acids is 1. The Balaban J connectivity index is 2.26. The van der Waals surface area contributed by atoms with Gasteiger partial charge < -0.3 is 9.84 Å². The molecule has 2 heterocycles. The van der Waals surface area contributed by atoms with E-state index in [1.807, 2.05) is 14.0 Å². The molecule has 0 bridgehead atoms. The molecule has 0 spiro atoms. The summed E-state index contributed by atoms with van der Waals surface area (Å²) in [5.41, 5.74) is 2.88. The highest BCUT2D eigenvalue weighted by Gasteiger charge is 2.23. The van der Waals surface area contributed by atoms with Gasteiger partial charge in [0, 0.05) is 26.2 Å². The van der Waals surface area contributed by atoms with Crippen LogP contribution in [0, 0.1) is 6.92 Å². The van der Waals surface area contributed by atoms with Crippen LogP contribution < -0.4 is 0 Å². The van der Waals surface area contributed by atoms with Crippen molar-refractivity contribution in [3.8, 4) is 0 Å². The Kier molecular flexibility index (Phi) is 3.47. The molecule has 5 heteroatoms. The van der Waals surface area contributed by atoms with Gasteiger partial charge in [-0.1, -0.05) is 0 Å². The van der Waals surface area contributed by atoms with Crippen molar-refractivity contribution in [2.24, 2.45) is 7.05 Å². The van der Waals surface area contributed by atoms with E-state index in [1.54, 1.807) is 4.68 Å². The van der Waals surface area contributed by atoms with E-state index in [9.17, 15) is 4.79 Å². The monoisotopic (exact) mass is 238 g/mol. The summed E-state index contributed by atoms with van der Waals surface area (Å²) in [7, 11) is 1.81. The van der Waals surface area contributed by atoms with Crippen LogP contribution in [-0.2, 0) is 23.0 Å². The van der Waals surface area contributed by atoms with Gasteiger partial charge in [-0.15, -0.1) is 0 Å². The smallest absolute Gasteiger partial charge is 0.309 e. The van der Waals surface area contributed by atoms with Gasteiger partial charge >= 0.3 is 5.97 Å². The van der Waals surface area contributed by atoms with Crippen molar-refractivity contribution >= 4 is 5.97 Å². The Labute approximate surface area is 100 Å². The third-order valence-electron chi connectivity index (χ3n) is 3.39. The highest BCUT2D eigenvalue weighted by Crippen LogP contribution is 2.29. The first kappa shape index (κ1) is 12.1. The molecule has 5 nitrogen and oxygen atoms in total. The molecular weight excluding hydrogens is 220 g/mol. The second-order valence-electron chi connectivity index (χ2n) is 4.54. The molecule has 0 amide bonds. The lowest BCUT2D eigenvalue weighted by molar-refractivity contribution is -0.136. The molecule has 17 heavy (non-hydrogen) atoms. The molecule has 1 aliphatic rings. The van der Waals surface area contributed by atoms with Crippen molar-refractivity contribution in [1.82, 2.24) is 9.78 Å². The summed E-state index contributed by atoms with van der Waals surface area (Å²) in [6.07, 6.45) is 1.99. The van der Waals surface area contributed by atoms with E-state index in [0.717, 1.165) is 43.0 Å². The molecule has 0 radical (unpaired) electrons. The van der Waals surface area contributed by atoms with Crippen molar-refractivity contribution in [2.75, 3.05) is 13.2 Å². The van der Waals surface area contributed by atoms with Gasteiger partial charge in [0.1, 0.15) is 0 Å². The summed E-state index contributed by atoms with van der Waals surface area (Å²) in [6.45, 7) is 3.51. The van der Waals surface area contributed by atoms with Crippen molar-refractivity contribution < 1.29 is 14.6 Å². The molecule has 1 N–H and O–H groups in total. The van der Waals surface area contributed by atoms with Gasteiger partial charge in [0.25, 0.3) is 0 Å². The molecule has 1 aliphatic heterocycles. The number of rotatable bonds is 3. The third-order valence-corrected chi connectivity index (χ3v) is 3.39. The number of hydrogen-bond donors (Lipinski definition) is 1. The first-order chi connectivity index (χ1) is 8.09. The number of aryl methyl sites for hydroxylation is 1. The Morgan fingerprint density at radius 1 is 1.53 bits per heavy atom.